The summed E-state index contributed by atoms with van der Waals surface area (Å²) in [6.45, 7) is 3.12. The van der Waals surface area contributed by atoms with Crippen molar-refractivity contribution in [2.45, 2.75) is 43.7 Å². The van der Waals surface area contributed by atoms with E-state index in [1.807, 2.05) is 0 Å². The van der Waals surface area contributed by atoms with Crippen LogP contribution in [0, 0.1) is 16.7 Å². The molecule has 3 N–H and O–H groups in total. The number of hydrogen-bond acceptors (Lipinski definition) is 7. The summed E-state index contributed by atoms with van der Waals surface area (Å²) in [6, 6.07) is 0. The zero-order valence-corrected chi connectivity index (χ0v) is 12.3. The summed E-state index contributed by atoms with van der Waals surface area (Å²) in [5.41, 5.74) is -6.53. The fraction of sp³-hybridized carbons (Fsp3) is 0.733. The molecule has 0 aromatic rings. The van der Waals surface area contributed by atoms with Gasteiger partial charge in [-0.3, -0.25) is 0 Å². The van der Waals surface area contributed by atoms with Crippen molar-refractivity contribution in [1.29, 1.82) is 0 Å². The van der Waals surface area contributed by atoms with E-state index in [9.17, 15) is 24.9 Å². The Hall–Kier alpha value is -1.44. The predicted octanol–water partition coefficient (Wildman–Crippen LogP) is -1.11. The van der Waals surface area contributed by atoms with Gasteiger partial charge >= 0.3 is 11.9 Å². The van der Waals surface area contributed by atoms with Crippen LogP contribution in [0.4, 0.5) is 0 Å². The molecule has 2 heterocycles. The standard InChI is InChI=1S/C15H18O7/c1-7-3-4-14(19)12(2)6-21-11(18)15(12,20)8-5-13(7,14)9(16)10(17)22-8/h3-4,7-9,16,19-20H,5-6H2,1-2H3/t7-,8-,9-,12-,13+,14-,15+/m0/s1. The Balaban J connectivity index is 2.03. The average Bonchev–Trinajstić information content (AvgIpc) is 2.87. The number of esters is 2. The number of carbonyl (C=O) groups excluding carboxylic acids is 2. The second kappa shape index (κ2) is 3.55. The van der Waals surface area contributed by atoms with Gasteiger partial charge in [0.15, 0.2) is 6.10 Å². The van der Waals surface area contributed by atoms with Crippen LogP contribution in [0.3, 0.4) is 0 Å². The van der Waals surface area contributed by atoms with Crippen molar-refractivity contribution in [3.05, 3.63) is 12.2 Å². The first-order valence-electron chi connectivity index (χ1n) is 7.35. The van der Waals surface area contributed by atoms with E-state index in [1.165, 1.54) is 13.0 Å². The first-order valence-corrected chi connectivity index (χ1v) is 7.35. The summed E-state index contributed by atoms with van der Waals surface area (Å²) in [5.74, 6) is -2.15. The van der Waals surface area contributed by atoms with Gasteiger partial charge in [-0.25, -0.2) is 9.59 Å². The Morgan fingerprint density at radius 3 is 2.68 bits per heavy atom. The molecule has 0 amide bonds. The van der Waals surface area contributed by atoms with Crippen molar-refractivity contribution in [3.8, 4) is 0 Å². The number of fused-ring (bicyclic) bond motifs is 4. The minimum atomic E-state index is -2.13. The zero-order valence-electron chi connectivity index (χ0n) is 12.3. The van der Waals surface area contributed by atoms with Gasteiger partial charge < -0.3 is 24.8 Å². The van der Waals surface area contributed by atoms with E-state index < -0.39 is 46.2 Å². The first kappa shape index (κ1) is 14.2. The smallest absolute Gasteiger partial charge is 0.342 e. The average molecular weight is 310 g/mol. The molecule has 0 unspecified atom stereocenters. The van der Waals surface area contributed by atoms with Crippen molar-refractivity contribution < 1.29 is 34.4 Å². The van der Waals surface area contributed by atoms with Gasteiger partial charge in [0.2, 0.25) is 5.60 Å². The second-order valence-corrected chi connectivity index (χ2v) is 7.16. The summed E-state index contributed by atoms with van der Waals surface area (Å²) < 4.78 is 10.2. The Kier molecular flexibility index (Phi) is 2.29. The van der Waals surface area contributed by atoms with Crippen LogP contribution < -0.4 is 0 Å². The van der Waals surface area contributed by atoms with Crippen LogP contribution in [-0.4, -0.2) is 57.3 Å². The molecule has 1 spiro atoms. The summed E-state index contributed by atoms with van der Waals surface area (Å²) in [7, 11) is 0. The molecule has 22 heavy (non-hydrogen) atoms. The summed E-state index contributed by atoms with van der Waals surface area (Å²) >= 11 is 0. The molecule has 1 saturated carbocycles. The summed E-state index contributed by atoms with van der Waals surface area (Å²) in [4.78, 5) is 24.3. The van der Waals surface area contributed by atoms with Crippen LogP contribution >= 0.6 is 0 Å². The van der Waals surface area contributed by atoms with Crippen molar-refractivity contribution in [2.24, 2.45) is 16.7 Å². The fourth-order valence-electron chi connectivity index (χ4n) is 5.10. The highest BCUT2D eigenvalue weighted by atomic mass is 16.6. The van der Waals surface area contributed by atoms with Crippen molar-refractivity contribution >= 4 is 11.9 Å². The lowest BCUT2D eigenvalue weighted by Crippen LogP contribution is -2.80. The van der Waals surface area contributed by atoms with Crippen LogP contribution in [0.15, 0.2) is 12.2 Å². The van der Waals surface area contributed by atoms with Gasteiger partial charge in [-0.1, -0.05) is 19.1 Å². The number of rotatable bonds is 0. The SMILES string of the molecule is C[C@H]1C=C[C@@]2(O)[C@]13C[C@H](OC(=O)[C@@H]3O)[C@@]1(O)C(=O)OC[C@@]21C. The Labute approximate surface area is 126 Å². The molecule has 4 rings (SSSR count). The van der Waals surface area contributed by atoms with Crippen molar-refractivity contribution in [3.63, 3.8) is 0 Å². The number of cyclic esters (lactones) is 1. The maximum absolute atomic E-state index is 12.2. The molecule has 4 aliphatic rings. The van der Waals surface area contributed by atoms with E-state index in [0.717, 1.165) is 0 Å². The van der Waals surface area contributed by atoms with Crippen LogP contribution in [0.25, 0.3) is 0 Å². The molecule has 7 atom stereocenters. The molecule has 2 aliphatic heterocycles. The highest BCUT2D eigenvalue weighted by Crippen LogP contribution is 2.69. The maximum atomic E-state index is 12.2. The quantitative estimate of drug-likeness (QED) is 0.384. The topological polar surface area (TPSA) is 113 Å². The van der Waals surface area contributed by atoms with Gasteiger partial charge in [0.05, 0.1) is 5.41 Å². The van der Waals surface area contributed by atoms with E-state index >= 15 is 0 Å². The molecular weight excluding hydrogens is 292 g/mol. The van der Waals surface area contributed by atoms with E-state index in [1.54, 1.807) is 13.0 Å². The van der Waals surface area contributed by atoms with E-state index in [-0.39, 0.29) is 18.9 Å². The molecule has 2 bridgehead atoms. The third-order valence-corrected chi connectivity index (χ3v) is 6.59. The van der Waals surface area contributed by atoms with E-state index in [4.69, 9.17) is 9.47 Å². The normalized spacial score (nSPS) is 58.9. The minimum Gasteiger partial charge on any atom is -0.463 e. The number of allylic oxidation sites excluding steroid dienone is 1. The van der Waals surface area contributed by atoms with Gasteiger partial charge in [0.1, 0.15) is 18.3 Å². The number of aliphatic hydroxyl groups excluding tert-OH is 1. The zero-order chi connectivity index (χ0) is 16.1. The van der Waals surface area contributed by atoms with E-state index in [2.05, 4.69) is 0 Å². The molecule has 7 heteroatoms. The highest BCUT2D eigenvalue weighted by molar-refractivity contribution is 5.87. The fourth-order valence-corrected chi connectivity index (χ4v) is 5.10. The third-order valence-electron chi connectivity index (χ3n) is 6.59. The predicted molar refractivity (Wildman–Crippen MR) is 70.2 cm³/mol. The molecular formula is C15H18O7. The lowest BCUT2D eigenvalue weighted by Gasteiger charge is -2.64. The number of ether oxygens (including phenoxy) is 2. The number of hydrogen-bond donors (Lipinski definition) is 3. The monoisotopic (exact) mass is 310 g/mol. The van der Waals surface area contributed by atoms with Crippen LogP contribution in [0.2, 0.25) is 0 Å². The molecule has 2 saturated heterocycles. The molecule has 3 fully saturated rings. The van der Waals surface area contributed by atoms with Gasteiger partial charge in [0, 0.05) is 11.8 Å². The molecule has 7 nitrogen and oxygen atoms in total. The van der Waals surface area contributed by atoms with Crippen LogP contribution in [-0.2, 0) is 19.1 Å². The Bertz CT molecular complexity index is 629. The first-order chi connectivity index (χ1) is 10.1. The summed E-state index contributed by atoms with van der Waals surface area (Å²) in [6.07, 6.45) is 0.509. The van der Waals surface area contributed by atoms with Gasteiger partial charge in [-0.15, -0.1) is 0 Å². The molecule has 120 valence electrons. The number of aliphatic hydroxyl groups is 3. The van der Waals surface area contributed by atoms with Gasteiger partial charge in [-0.05, 0) is 12.8 Å². The molecule has 0 aromatic carbocycles. The Morgan fingerprint density at radius 2 is 2.00 bits per heavy atom. The molecule has 0 aromatic heterocycles. The Morgan fingerprint density at radius 1 is 1.32 bits per heavy atom. The van der Waals surface area contributed by atoms with Gasteiger partial charge in [0.25, 0.3) is 0 Å². The van der Waals surface area contributed by atoms with Crippen LogP contribution in [0.5, 0.6) is 0 Å². The largest absolute Gasteiger partial charge is 0.463 e. The lowest BCUT2D eigenvalue weighted by atomic mass is 9.44. The van der Waals surface area contributed by atoms with Crippen LogP contribution in [0.1, 0.15) is 20.3 Å². The highest BCUT2D eigenvalue weighted by Gasteiger charge is 2.84. The minimum absolute atomic E-state index is 0.00817. The molecule has 2 aliphatic carbocycles. The molecule has 0 radical (unpaired) electrons. The van der Waals surface area contributed by atoms with Gasteiger partial charge in [-0.2, -0.15) is 0 Å². The third kappa shape index (κ3) is 1.03. The summed E-state index contributed by atoms with van der Waals surface area (Å²) in [5, 5.41) is 32.9. The van der Waals surface area contributed by atoms with Crippen molar-refractivity contribution in [1.82, 2.24) is 0 Å². The van der Waals surface area contributed by atoms with E-state index in [0.29, 0.717) is 0 Å². The number of carbonyl (C=O) groups is 2. The van der Waals surface area contributed by atoms with Crippen molar-refractivity contribution in [2.75, 3.05) is 6.61 Å². The maximum Gasteiger partial charge on any atom is 0.342 e. The second-order valence-electron chi connectivity index (χ2n) is 7.16. The lowest BCUT2D eigenvalue weighted by molar-refractivity contribution is -0.310.